The first kappa shape index (κ1) is 8.07. The van der Waals surface area contributed by atoms with Crippen LogP contribution in [0, 0.1) is 6.92 Å². The summed E-state index contributed by atoms with van der Waals surface area (Å²) in [6.45, 7) is 5.48. The normalized spacial score (nSPS) is 9.55. The van der Waals surface area contributed by atoms with Gasteiger partial charge in [0.15, 0.2) is 0 Å². The average Bonchev–Trinajstić information content (AvgIpc) is 1.97. The van der Waals surface area contributed by atoms with Gasteiger partial charge in [0.25, 0.3) is 0 Å². The Kier molecular flexibility index (Phi) is 2.48. The molecule has 0 bridgehead atoms. The van der Waals surface area contributed by atoms with Crippen LogP contribution in [-0.2, 0) is 0 Å². The quantitative estimate of drug-likeness (QED) is 0.680. The van der Waals surface area contributed by atoms with E-state index in [0.29, 0.717) is 5.82 Å². The van der Waals surface area contributed by atoms with Gasteiger partial charge in [0.1, 0.15) is 12.1 Å². The molecule has 0 spiro atoms. The van der Waals surface area contributed by atoms with Crippen molar-refractivity contribution in [3.63, 3.8) is 0 Å². The Morgan fingerprint density at radius 2 is 2.36 bits per heavy atom. The zero-order chi connectivity index (χ0) is 8.27. The first-order chi connectivity index (χ1) is 5.25. The number of rotatable bonds is 2. The van der Waals surface area contributed by atoms with Crippen molar-refractivity contribution in [3.8, 4) is 0 Å². The van der Waals surface area contributed by atoms with E-state index in [4.69, 9.17) is 5.73 Å². The molecule has 3 nitrogen and oxygen atoms in total. The molecule has 0 amide bonds. The van der Waals surface area contributed by atoms with Crippen molar-refractivity contribution in [2.75, 3.05) is 5.73 Å². The van der Waals surface area contributed by atoms with Crippen molar-refractivity contribution in [1.82, 2.24) is 9.97 Å². The van der Waals surface area contributed by atoms with Crippen LogP contribution in [0.2, 0.25) is 0 Å². The Balaban J connectivity index is 3.09. The van der Waals surface area contributed by atoms with Gasteiger partial charge in [-0.1, -0.05) is 18.3 Å². The summed E-state index contributed by atoms with van der Waals surface area (Å²) in [6.07, 6.45) is 1.46. The van der Waals surface area contributed by atoms with Crippen LogP contribution in [0.25, 0.3) is 0 Å². The number of aryl methyl sites for hydroxylation is 1. The van der Waals surface area contributed by atoms with Gasteiger partial charge in [0.2, 0.25) is 0 Å². The Bertz CT molecular complexity index is 252. The number of hydrogen-bond acceptors (Lipinski definition) is 4. The van der Waals surface area contributed by atoms with Crippen molar-refractivity contribution in [1.29, 1.82) is 0 Å². The number of thioether (sulfide) groups is 1. The second kappa shape index (κ2) is 3.39. The van der Waals surface area contributed by atoms with Crippen LogP contribution in [0.15, 0.2) is 23.2 Å². The molecule has 0 aliphatic carbocycles. The van der Waals surface area contributed by atoms with Gasteiger partial charge in [-0.05, 0) is 12.3 Å². The maximum Gasteiger partial charge on any atom is 0.141 e. The van der Waals surface area contributed by atoms with E-state index < -0.39 is 0 Å². The van der Waals surface area contributed by atoms with E-state index in [1.807, 2.05) is 6.92 Å². The highest BCUT2D eigenvalue weighted by atomic mass is 32.2. The summed E-state index contributed by atoms with van der Waals surface area (Å²) in [5.41, 5.74) is 6.48. The lowest BCUT2D eigenvalue weighted by molar-refractivity contribution is 1.04. The maximum absolute atomic E-state index is 5.59. The van der Waals surface area contributed by atoms with E-state index in [-0.39, 0.29) is 0 Å². The average molecular weight is 167 g/mol. The number of nitrogen functional groups attached to an aromatic ring is 1. The van der Waals surface area contributed by atoms with E-state index in [1.165, 1.54) is 18.1 Å². The maximum atomic E-state index is 5.59. The topological polar surface area (TPSA) is 51.8 Å². The molecular weight excluding hydrogens is 158 g/mol. The van der Waals surface area contributed by atoms with E-state index in [9.17, 15) is 0 Å². The smallest absolute Gasteiger partial charge is 0.141 e. The molecule has 0 saturated heterocycles. The first-order valence-electron chi connectivity index (χ1n) is 3.10. The minimum absolute atomic E-state index is 0.516. The fourth-order valence-electron chi connectivity index (χ4n) is 0.709. The van der Waals surface area contributed by atoms with Crippen LogP contribution >= 0.6 is 11.8 Å². The third-order valence-corrected chi connectivity index (χ3v) is 2.12. The fraction of sp³-hybridized carbons (Fsp3) is 0.143. The van der Waals surface area contributed by atoms with Crippen LogP contribution in [0.5, 0.6) is 0 Å². The number of nitrogens with two attached hydrogens (primary N) is 1. The summed E-state index contributed by atoms with van der Waals surface area (Å²) < 4.78 is 0. The molecule has 4 heteroatoms. The van der Waals surface area contributed by atoms with E-state index >= 15 is 0 Å². The number of hydrogen-bond donors (Lipinski definition) is 1. The van der Waals surface area contributed by atoms with E-state index in [1.54, 1.807) is 5.41 Å². The predicted octanol–water partition coefficient (Wildman–Crippen LogP) is 1.60. The molecule has 11 heavy (non-hydrogen) atoms. The van der Waals surface area contributed by atoms with Crippen molar-refractivity contribution in [2.45, 2.75) is 11.8 Å². The molecular formula is C7H9N3S. The van der Waals surface area contributed by atoms with Crippen LogP contribution in [0.1, 0.15) is 5.69 Å². The van der Waals surface area contributed by atoms with Gasteiger partial charge in [-0.25, -0.2) is 9.97 Å². The molecule has 0 fully saturated rings. The summed E-state index contributed by atoms with van der Waals surface area (Å²) in [5.74, 6) is 0.516. The van der Waals surface area contributed by atoms with Crippen LogP contribution < -0.4 is 5.73 Å². The number of nitrogens with zero attached hydrogens (tertiary/aromatic N) is 2. The highest BCUT2D eigenvalue weighted by molar-refractivity contribution is 8.02. The lowest BCUT2D eigenvalue weighted by atomic mass is 10.4. The summed E-state index contributed by atoms with van der Waals surface area (Å²) in [7, 11) is 0. The van der Waals surface area contributed by atoms with Gasteiger partial charge in [-0.2, -0.15) is 0 Å². The molecule has 2 N–H and O–H groups in total. The molecule has 0 saturated carbocycles. The van der Waals surface area contributed by atoms with Gasteiger partial charge in [-0.3, -0.25) is 0 Å². The molecule has 0 aliphatic heterocycles. The lowest BCUT2D eigenvalue weighted by Gasteiger charge is -2.02. The van der Waals surface area contributed by atoms with Crippen LogP contribution in [0.3, 0.4) is 0 Å². The molecule has 0 unspecified atom stereocenters. The minimum atomic E-state index is 0.516. The summed E-state index contributed by atoms with van der Waals surface area (Å²) in [5, 5.41) is 1.71. The van der Waals surface area contributed by atoms with Crippen molar-refractivity contribution < 1.29 is 0 Å². The highest BCUT2D eigenvalue weighted by Crippen LogP contribution is 2.25. The number of anilines is 1. The molecule has 0 radical (unpaired) electrons. The Morgan fingerprint density at radius 1 is 1.64 bits per heavy atom. The zero-order valence-corrected chi connectivity index (χ0v) is 7.06. The van der Waals surface area contributed by atoms with E-state index in [0.717, 1.165) is 10.6 Å². The second-order valence-electron chi connectivity index (χ2n) is 1.96. The van der Waals surface area contributed by atoms with Gasteiger partial charge in [0.05, 0.1) is 10.6 Å². The molecule has 0 atom stereocenters. The molecule has 58 valence electrons. The van der Waals surface area contributed by atoms with Gasteiger partial charge < -0.3 is 5.73 Å². The lowest BCUT2D eigenvalue weighted by Crippen LogP contribution is -1.96. The molecule has 1 heterocycles. The highest BCUT2D eigenvalue weighted by Gasteiger charge is 2.02. The van der Waals surface area contributed by atoms with Crippen LogP contribution in [-0.4, -0.2) is 9.97 Å². The summed E-state index contributed by atoms with van der Waals surface area (Å²) >= 11 is 1.44. The Hall–Kier alpha value is -1.03. The largest absolute Gasteiger partial charge is 0.383 e. The summed E-state index contributed by atoms with van der Waals surface area (Å²) in [6, 6.07) is 0. The molecule has 0 aromatic carbocycles. The first-order valence-corrected chi connectivity index (χ1v) is 3.98. The minimum Gasteiger partial charge on any atom is -0.383 e. The second-order valence-corrected chi connectivity index (χ2v) is 2.94. The van der Waals surface area contributed by atoms with Gasteiger partial charge in [-0.15, -0.1) is 0 Å². The third-order valence-electron chi connectivity index (χ3n) is 1.21. The molecule has 0 aliphatic rings. The fourth-order valence-corrected chi connectivity index (χ4v) is 1.27. The molecule has 1 aromatic rings. The third kappa shape index (κ3) is 1.71. The van der Waals surface area contributed by atoms with E-state index in [2.05, 4.69) is 16.5 Å². The summed E-state index contributed by atoms with van der Waals surface area (Å²) in [4.78, 5) is 8.75. The zero-order valence-electron chi connectivity index (χ0n) is 6.24. The van der Waals surface area contributed by atoms with Crippen LogP contribution in [0.4, 0.5) is 5.82 Å². The molecule has 1 aromatic heterocycles. The number of aromatic nitrogens is 2. The SMILES string of the molecule is C=CSc1c(C)ncnc1N. The van der Waals surface area contributed by atoms with Crippen molar-refractivity contribution >= 4 is 17.6 Å². The van der Waals surface area contributed by atoms with Gasteiger partial charge >= 0.3 is 0 Å². The monoisotopic (exact) mass is 167 g/mol. The predicted molar refractivity (Wildman–Crippen MR) is 47.2 cm³/mol. The van der Waals surface area contributed by atoms with Gasteiger partial charge in [0, 0.05) is 0 Å². The Labute approximate surface area is 69.7 Å². The Morgan fingerprint density at radius 3 is 2.91 bits per heavy atom. The standard InChI is InChI=1S/C7H9N3S/c1-3-11-6-5(2)9-4-10-7(6)8/h3-4H,1H2,2H3,(H2,8,9,10). The molecule has 1 rings (SSSR count). The van der Waals surface area contributed by atoms with Crippen molar-refractivity contribution in [2.24, 2.45) is 0 Å². The van der Waals surface area contributed by atoms with Crippen molar-refractivity contribution in [3.05, 3.63) is 24.0 Å².